The first-order valence-electron chi connectivity index (χ1n) is 4.54. The predicted molar refractivity (Wildman–Crippen MR) is 47.0 cm³/mol. The van der Waals surface area contributed by atoms with Gasteiger partial charge in [0.1, 0.15) is 5.82 Å². The van der Waals surface area contributed by atoms with Gasteiger partial charge in [0.2, 0.25) is 0 Å². The Morgan fingerprint density at radius 2 is 2.31 bits per heavy atom. The fraction of sp³-hybridized carbons (Fsp3) is 0.750. The zero-order chi connectivity index (χ0) is 9.42. The van der Waals surface area contributed by atoms with Crippen molar-refractivity contribution in [3.8, 4) is 0 Å². The molecule has 2 atom stereocenters. The van der Waals surface area contributed by atoms with E-state index >= 15 is 0 Å². The summed E-state index contributed by atoms with van der Waals surface area (Å²) in [5.41, 5.74) is 5.68. The quantitative estimate of drug-likeness (QED) is 0.617. The summed E-state index contributed by atoms with van der Waals surface area (Å²) >= 11 is 0. The summed E-state index contributed by atoms with van der Waals surface area (Å²) in [5.74, 6) is 1.96. The fourth-order valence-electron chi connectivity index (χ4n) is 1.19. The van der Waals surface area contributed by atoms with Crippen LogP contribution >= 0.6 is 0 Å². The maximum atomic E-state index is 9.22. The van der Waals surface area contributed by atoms with Crippen molar-refractivity contribution in [3.05, 3.63) is 11.6 Å². The number of hydrogen-bond acceptors (Lipinski definition) is 4. The summed E-state index contributed by atoms with van der Waals surface area (Å²) in [5, 5.41) is 16.0. The molecule has 0 spiro atoms. The van der Waals surface area contributed by atoms with Crippen molar-refractivity contribution in [2.75, 3.05) is 0 Å². The summed E-state index contributed by atoms with van der Waals surface area (Å²) in [7, 11) is 0. The maximum Gasteiger partial charge on any atom is 0.169 e. The van der Waals surface area contributed by atoms with Gasteiger partial charge in [-0.3, -0.25) is 5.10 Å². The third-order valence-electron chi connectivity index (χ3n) is 2.30. The Bertz CT molecular complexity index is 292. The molecule has 0 saturated heterocycles. The van der Waals surface area contributed by atoms with Gasteiger partial charge in [0, 0.05) is 5.92 Å². The Balaban J connectivity index is 2.11. The van der Waals surface area contributed by atoms with E-state index in [1.54, 1.807) is 6.92 Å². The van der Waals surface area contributed by atoms with Gasteiger partial charge in [0.05, 0.1) is 12.1 Å². The van der Waals surface area contributed by atoms with Gasteiger partial charge >= 0.3 is 0 Å². The van der Waals surface area contributed by atoms with E-state index in [4.69, 9.17) is 5.73 Å². The monoisotopic (exact) mass is 182 g/mol. The van der Waals surface area contributed by atoms with Crippen molar-refractivity contribution in [1.82, 2.24) is 15.2 Å². The van der Waals surface area contributed by atoms with Gasteiger partial charge < -0.3 is 10.8 Å². The van der Waals surface area contributed by atoms with Crippen LogP contribution in [0.15, 0.2) is 0 Å². The molecule has 1 aromatic heterocycles. The van der Waals surface area contributed by atoms with E-state index in [9.17, 15) is 5.11 Å². The van der Waals surface area contributed by atoms with Crippen LogP contribution in [-0.4, -0.2) is 26.4 Å². The topological polar surface area (TPSA) is 87.8 Å². The summed E-state index contributed by atoms with van der Waals surface area (Å²) < 4.78 is 0. The zero-order valence-electron chi connectivity index (χ0n) is 7.57. The number of nitrogens with two attached hydrogens (primary N) is 1. The third kappa shape index (κ3) is 1.71. The first-order chi connectivity index (χ1) is 6.18. The minimum atomic E-state index is -0.608. The number of aromatic nitrogens is 3. The minimum absolute atomic E-state index is 0.483. The molecule has 5 nitrogen and oxygen atoms in total. The number of aromatic amines is 1. The maximum absolute atomic E-state index is 9.22. The number of nitrogens with one attached hydrogen (secondary N) is 1. The molecular formula is C8H14N4O. The molecule has 1 aliphatic rings. The van der Waals surface area contributed by atoms with Crippen molar-refractivity contribution in [2.45, 2.75) is 37.8 Å². The van der Waals surface area contributed by atoms with E-state index in [1.807, 2.05) is 0 Å². The molecule has 1 saturated carbocycles. The predicted octanol–water partition coefficient (Wildman–Crippen LogP) is 0.0627. The van der Waals surface area contributed by atoms with Crippen molar-refractivity contribution >= 4 is 0 Å². The van der Waals surface area contributed by atoms with Crippen LogP contribution < -0.4 is 5.73 Å². The molecule has 4 N–H and O–H groups in total. The highest BCUT2D eigenvalue weighted by Gasteiger charge is 2.28. The van der Waals surface area contributed by atoms with E-state index in [-0.39, 0.29) is 0 Å². The smallest absolute Gasteiger partial charge is 0.169 e. The lowest BCUT2D eigenvalue weighted by Gasteiger charge is -2.09. The molecule has 5 heteroatoms. The van der Waals surface area contributed by atoms with Gasteiger partial charge in [-0.25, -0.2) is 4.98 Å². The lowest BCUT2D eigenvalue weighted by molar-refractivity contribution is 0.160. The fourth-order valence-corrected chi connectivity index (χ4v) is 1.19. The minimum Gasteiger partial charge on any atom is -0.391 e. The van der Waals surface area contributed by atoms with E-state index in [2.05, 4.69) is 15.2 Å². The Hall–Kier alpha value is -0.940. The molecule has 0 aromatic carbocycles. The molecule has 0 bridgehead atoms. The molecule has 1 fully saturated rings. The van der Waals surface area contributed by atoms with Crippen LogP contribution in [0.25, 0.3) is 0 Å². The molecule has 0 radical (unpaired) electrons. The van der Waals surface area contributed by atoms with Crippen LogP contribution in [0.1, 0.15) is 43.4 Å². The molecule has 72 valence electrons. The van der Waals surface area contributed by atoms with Gasteiger partial charge in [-0.15, -0.1) is 0 Å². The van der Waals surface area contributed by atoms with Gasteiger partial charge in [0.25, 0.3) is 0 Å². The van der Waals surface area contributed by atoms with Crippen molar-refractivity contribution in [3.63, 3.8) is 0 Å². The Morgan fingerprint density at radius 1 is 1.62 bits per heavy atom. The summed E-state index contributed by atoms with van der Waals surface area (Å²) in [6.07, 6.45) is 1.75. The molecular weight excluding hydrogens is 168 g/mol. The van der Waals surface area contributed by atoms with Crippen LogP contribution in [0.3, 0.4) is 0 Å². The third-order valence-corrected chi connectivity index (χ3v) is 2.30. The average molecular weight is 182 g/mol. The van der Waals surface area contributed by atoms with E-state index in [0.717, 1.165) is 5.82 Å². The molecule has 1 aliphatic carbocycles. The average Bonchev–Trinajstić information content (AvgIpc) is 2.83. The Kier molecular flexibility index (Phi) is 2.05. The summed E-state index contributed by atoms with van der Waals surface area (Å²) in [6, 6.07) is -0.483. The second-order valence-electron chi connectivity index (χ2n) is 3.62. The van der Waals surface area contributed by atoms with Gasteiger partial charge in [-0.05, 0) is 19.8 Å². The zero-order valence-corrected chi connectivity index (χ0v) is 7.57. The SMILES string of the molecule is CC(O)C(N)c1n[nH]c(C2CC2)n1. The second kappa shape index (κ2) is 3.08. The number of H-pyrrole nitrogens is 1. The summed E-state index contributed by atoms with van der Waals surface area (Å²) in [4.78, 5) is 4.24. The highest BCUT2D eigenvalue weighted by Crippen LogP contribution is 2.37. The molecule has 1 aromatic rings. The van der Waals surface area contributed by atoms with Crippen LogP contribution in [0.5, 0.6) is 0 Å². The van der Waals surface area contributed by atoms with Crippen LogP contribution in [0.2, 0.25) is 0 Å². The van der Waals surface area contributed by atoms with Crippen LogP contribution in [0, 0.1) is 0 Å². The number of aliphatic hydroxyl groups is 1. The standard InChI is InChI=1S/C8H14N4O/c1-4(13)6(9)8-10-7(11-12-8)5-2-3-5/h4-6,13H,2-3,9H2,1H3,(H,10,11,12). The lowest BCUT2D eigenvalue weighted by Crippen LogP contribution is -2.24. The molecule has 1 heterocycles. The number of aliphatic hydroxyl groups excluding tert-OH is 1. The number of nitrogens with zero attached hydrogens (tertiary/aromatic N) is 2. The molecule has 2 unspecified atom stereocenters. The number of hydrogen-bond donors (Lipinski definition) is 3. The number of rotatable bonds is 3. The largest absolute Gasteiger partial charge is 0.391 e. The first-order valence-corrected chi connectivity index (χ1v) is 4.54. The molecule has 2 rings (SSSR count). The van der Waals surface area contributed by atoms with Crippen LogP contribution in [-0.2, 0) is 0 Å². The van der Waals surface area contributed by atoms with E-state index in [1.165, 1.54) is 12.8 Å². The Labute approximate surface area is 76.4 Å². The van der Waals surface area contributed by atoms with Crippen molar-refractivity contribution in [1.29, 1.82) is 0 Å². The van der Waals surface area contributed by atoms with Gasteiger partial charge in [-0.1, -0.05) is 0 Å². The molecule has 13 heavy (non-hydrogen) atoms. The second-order valence-corrected chi connectivity index (χ2v) is 3.62. The Morgan fingerprint density at radius 3 is 2.85 bits per heavy atom. The molecule has 0 aliphatic heterocycles. The van der Waals surface area contributed by atoms with Gasteiger partial charge in [0.15, 0.2) is 5.82 Å². The van der Waals surface area contributed by atoms with Gasteiger partial charge in [-0.2, -0.15) is 5.10 Å². The normalized spacial score (nSPS) is 21.5. The highest BCUT2D eigenvalue weighted by molar-refractivity contribution is 5.07. The highest BCUT2D eigenvalue weighted by atomic mass is 16.3. The van der Waals surface area contributed by atoms with Crippen molar-refractivity contribution < 1.29 is 5.11 Å². The lowest BCUT2D eigenvalue weighted by atomic mass is 10.2. The van der Waals surface area contributed by atoms with E-state index < -0.39 is 12.1 Å². The molecule has 0 amide bonds. The first kappa shape index (κ1) is 8.65. The van der Waals surface area contributed by atoms with E-state index in [0.29, 0.717) is 11.7 Å². The van der Waals surface area contributed by atoms with Crippen LogP contribution in [0.4, 0.5) is 0 Å². The van der Waals surface area contributed by atoms with Crippen molar-refractivity contribution in [2.24, 2.45) is 5.73 Å². The summed E-state index contributed by atoms with van der Waals surface area (Å²) in [6.45, 7) is 1.64.